The zero-order valence-corrected chi connectivity index (χ0v) is 17.6. The Hall–Kier alpha value is -1.03. The van der Waals surface area contributed by atoms with Crippen LogP contribution in [-0.2, 0) is 36.4 Å². The van der Waals surface area contributed by atoms with E-state index in [0.29, 0.717) is 0 Å². The van der Waals surface area contributed by atoms with Crippen molar-refractivity contribution in [3.8, 4) is 0 Å². The first-order chi connectivity index (χ1) is 13.6. The minimum Gasteiger partial charge on any atom is -0.349 e. The van der Waals surface area contributed by atoms with Crippen molar-refractivity contribution in [2.75, 3.05) is 6.61 Å². The van der Waals surface area contributed by atoms with Crippen LogP contribution in [0.15, 0.2) is 15.8 Å². The molecule has 0 aromatic carbocycles. The van der Waals surface area contributed by atoms with E-state index in [9.17, 15) is 28.2 Å². The summed E-state index contributed by atoms with van der Waals surface area (Å²) >= 11 is 0. The maximum absolute atomic E-state index is 12.0. The van der Waals surface area contributed by atoms with Gasteiger partial charge in [0, 0.05) is 18.2 Å². The van der Waals surface area contributed by atoms with Crippen LogP contribution < -0.4 is 17.1 Å². The van der Waals surface area contributed by atoms with Crippen LogP contribution in [0, 0.1) is 6.92 Å². The molecule has 30 heavy (non-hydrogen) atoms. The first-order valence-corrected chi connectivity index (χ1v) is 12.3. The van der Waals surface area contributed by atoms with Gasteiger partial charge in [-0.3, -0.25) is 23.7 Å². The molecule has 1 aromatic rings. The molecule has 7 N–H and O–H groups in total. The van der Waals surface area contributed by atoms with E-state index in [1.54, 1.807) is 0 Å². The van der Waals surface area contributed by atoms with Gasteiger partial charge < -0.3 is 24.3 Å². The van der Waals surface area contributed by atoms with Crippen LogP contribution in [0.25, 0.3) is 0 Å². The number of nitrogens with zero attached hydrogens (tertiary/aromatic N) is 1. The van der Waals surface area contributed by atoms with E-state index in [-0.39, 0.29) is 12.0 Å². The molecule has 0 saturated carbocycles. The normalized spacial score (nSPS) is 26.3. The van der Waals surface area contributed by atoms with Crippen molar-refractivity contribution >= 4 is 23.5 Å². The second kappa shape index (κ2) is 9.22. The fourth-order valence-electron chi connectivity index (χ4n) is 2.44. The summed E-state index contributed by atoms with van der Waals surface area (Å²) in [5.74, 6) is 5.13. The van der Waals surface area contributed by atoms with Gasteiger partial charge in [0.05, 0.1) is 6.61 Å². The molecule has 2 rings (SSSR count). The van der Waals surface area contributed by atoms with Crippen molar-refractivity contribution in [2.45, 2.75) is 31.8 Å². The van der Waals surface area contributed by atoms with Gasteiger partial charge in [0.1, 0.15) is 18.4 Å². The third kappa shape index (κ3) is 7.00. The number of ether oxygens (including phenoxy) is 1. The van der Waals surface area contributed by atoms with E-state index >= 15 is 0 Å². The summed E-state index contributed by atoms with van der Waals surface area (Å²) in [6.45, 7) is 0.618. The SMILES string of the molecule is Cc1cn([C@H]2CC(ON)[C@@H](COP(=O)(O)OP(=O)(O)OP(=O)(O)O)O2)c(=O)[nH]c1=O. The van der Waals surface area contributed by atoms with Crippen molar-refractivity contribution in [2.24, 2.45) is 5.90 Å². The quantitative estimate of drug-likeness (QED) is 0.172. The number of phosphoric acid groups is 3. The molecule has 0 amide bonds. The highest BCUT2D eigenvalue weighted by Gasteiger charge is 2.43. The van der Waals surface area contributed by atoms with Gasteiger partial charge >= 0.3 is 29.2 Å². The van der Waals surface area contributed by atoms with Gasteiger partial charge in [-0.25, -0.2) is 24.4 Å². The Bertz CT molecular complexity index is 1030. The van der Waals surface area contributed by atoms with Crippen molar-refractivity contribution in [1.29, 1.82) is 0 Å². The van der Waals surface area contributed by atoms with Gasteiger partial charge in [-0.2, -0.15) is 8.62 Å². The molecule has 1 aliphatic heterocycles. The lowest BCUT2D eigenvalue weighted by atomic mass is 10.2. The highest BCUT2D eigenvalue weighted by Crippen LogP contribution is 2.66. The maximum Gasteiger partial charge on any atom is 0.490 e. The molecule has 1 saturated heterocycles. The molecule has 2 heterocycles. The Kier molecular flexibility index (Phi) is 7.76. The van der Waals surface area contributed by atoms with Gasteiger partial charge in [0.2, 0.25) is 0 Å². The second-order valence-electron chi connectivity index (χ2n) is 5.90. The zero-order valence-electron chi connectivity index (χ0n) is 15.0. The number of aryl methyl sites for hydroxylation is 1. The summed E-state index contributed by atoms with van der Waals surface area (Å²) in [7, 11) is -16.6. The summed E-state index contributed by atoms with van der Waals surface area (Å²) in [4.78, 5) is 65.7. The summed E-state index contributed by atoms with van der Waals surface area (Å²) in [5.41, 5.74) is -1.22. The van der Waals surface area contributed by atoms with Crippen molar-refractivity contribution in [3.05, 3.63) is 32.6 Å². The van der Waals surface area contributed by atoms with Crippen LogP contribution >= 0.6 is 23.5 Å². The van der Waals surface area contributed by atoms with Gasteiger partial charge in [0.15, 0.2) is 0 Å². The molecule has 0 radical (unpaired) electrons. The molecule has 20 heteroatoms. The number of nitrogens with two attached hydrogens (primary N) is 1. The predicted molar refractivity (Wildman–Crippen MR) is 93.5 cm³/mol. The molecule has 0 spiro atoms. The fourth-order valence-corrected chi connectivity index (χ4v) is 5.47. The molecule has 0 bridgehead atoms. The second-order valence-corrected chi connectivity index (χ2v) is 10.3. The van der Waals surface area contributed by atoms with Crippen LogP contribution in [0.2, 0.25) is 0 Å². The topological polar surface area (TPSA) is 259 Å². The van der Waals surface area contributed by atoms with Crippen LogP contribution in [0.5, 0.6) is 0 Å². The number of aromatic amines is 1. The van der Waals surface area contributed by atoms with E-state index in [0.717, 1.165) is 4.57 Å². The Morgan fingerprint density at radius 3 is 2.40 bits per heavy atom. The number of phosphoric ester groups is 1. The number of hydrogen-bond donors (Lipinski definition) is 6. The number of aromatic nitrogens is 2. The van der Waals surface area contributed by atoms with Crippen molar-refractivity contribution in [1.82, 2.24) is 9.55 Å². The van der Waals surface area contributed by atoms with Gasteiger partial charge in [-0.05, 0) is 6.92 Å². The molecule has 5 atom stereocenters. The number of rotatable bonds is 9. The zero-order chi connectivity index (χ0) is 22.9. The Labute approximate surface area is 166 Å². The molecule has 1 aliphatic rings. The van der Waals surface area contributed by atoms with E-state index < -0.39 is 59.8 Å². The van der Waals surface area contributed by atoms with Crippen molar-refractivity contribution < 1.29 is 56.0 Å². The predicted octanol–water partition coefficient (Wildman–Crippen LogP) is -1.27. The Morgan fingerprint density at radius 2 is 1.83 bits per heavy atom. The Morgan fingerprint density at radius 1 is 1.20 bits per heavy atom. The molecule has 17 nitrogen and oxygen atoms in total. The largest absolute Gasteiger partial charge is 0.490 e. The summed E-state index contributed by atoms with van der Waals surface area (Å²) < 4.78 is 51.8. The molecular formula is C10H18N3O14P3. The van der Waals surface area contributed by atoms with Crippen LogP contribution in [0.4, 0.5) is 0 Å². The van der Waals surface area contributed by atoms with Crippen LogP contribution in [0.1, 0.15) is 18.2 Å². The Balaban J connectivity index is 2.08. The molecule has 3 unspecified atom stereocenters. The summed E-state index contributed by atoms with van der Waals surface area (Å²) in [6.07, 6.45) is -2.03. The minimum atomic E-state index is -5.67. The van der Waals surface area contributed by atoms with Gasteiger partial charge in [-0.15, -0.1) is 0 Å². The fraction of sp³-hybridized carbons (Fsp3) is 0.600. The van der Waals surface area contributed by atoms with Crippen LogP contribution in [0.3, 0.4) is 0 Å². The molecule has 0 aliphatic carbocycles. The van der Waals surface area contributed by atoms with Crippen molar-refractivity contribution in [3.63, 3.8) is 0 Å². The first-order valence-electron chi connectivity index (χ1n) is 7.74. The maximum atomic E-state index is 12.0. The monoisotopic (exact) mass is 497 g/mol. The standard InChI is InChI=1S/C10H18N3O14P3/c1-5-3-13(10(15)12-9(5)14)8-2-6(25-11)7(24-8)4-23-29(19,20)27-30(21,22)26-28(16,17)18/h3,6-8H,2,4,11H2,1H3,(H,19,20)(H,21,22)(H,12,14,15)(H2,16,17,18)/t6?,7-,8-/m1/s1. The van der Waals surface area contributed by atoms with Crippen LogP contribution in [-0.4, -0.2) is 47.9 Å². The lowest BCUT2D eigenvalue weighted by Gasteiger charge is -2.20. The van der Waals surface area contributed by atoms with E-state index in [2.05, 4.69) is 23.0 Å². The number of H-pyrrole nitrogens is 1. The highest BCUT2D eigenvalue weighted by molar-refractivity contribution is 7.66. The number of hydrogen-bond acceptors (Lipinski definition) is 11. The highest BCUT2D eigenvalue weighted by atomic mass is 31.3. The van der Waals surface area contributed by atoms with Gasteiger partial charge in [-0.1, -0.05) is 0 Å². The third-order valence-corrected chi connectivity index (χ3v) is 7.43. The lowest BCUT2D eigenvalue weighted by molar-refractivity contribution is -0.0618. The average molecular weight is 497 g/mol. The lowest BCUT2D eigenvalue weighted by Crippen LogP contribution is -2.33. The van der Waals surface area contributed by atoms with E-state index in [1.807, 2.05) is 0 Å². The number of nitrogens with one attached hydrogen (secondary N) is 1. The average Bonchev–Trinajstić information content (AvgIpc) is 2.96. The molecule has 172 valence electrons. The van der Waals surface area contributed by atoms with E-state index in [4.69, 9.17) is 25.3 Å². The van der Waals surface area contributed by atoms with E-state index in [1.165, 1.54) is 13.1 Å². The van der Waals surface area contributed by atoms with Gasteiger partial charge in [0.25, 0.3) is 5.56 Å². The minimum absolute atomic E-state index is 0.0493. The summed E-state index contributed by atoms with van der Waals surface area (Å²) in [6, 6.07) is 0. The smallest absolute Gasteiger partial charge is 0.349 e. The first kappa shape index (κ1) is 25.2. The molecular weight excluding hydrogens is 479 g/mol. The molecule has 1 fully saturated rings. The molecule has 1 aromatic heterocycles. The summed E-state index contributed by atoms with van der Waals surface area (Å²) in [5, 5.41) is 0. The third-order valence-electron chi connectivity index (χ3n) is 3.63.